The summed E-state index contributed by atoms with van der Waals surface area (Å²) in [5.41, 5.74) is 3.60. The van der Waals surface area contributed by atoms with Crippen LogP contribution >= 0.6 is 11.3 Å². The molecule has 1 unspecified atom stereocenters. The average Bonchev–Trinajstić information content (AvgIpc) is 2.91. The quantitative estimate of drug-likeness (QED) is 0.725. The molecule has 3 aromatic rings. The van der Waals surface area contributed by atoms with Crippen molar-refractivity contribution in [2.45, 2.75) is 26.3 Å². The zero-order valence-electron chi connectivity index (χ0n) is 11.8. The zero-order valence-corrected chi connectivity index (χ0v) is 12.6. The Bertz CT molecular complexity index is 685. The number of hydrogen-bond donors (Lipinski definition) is 1. The molecule has 20 heavy (non-hydrogen) atoms. The van der Waals surface area contributed by atoms with E-state index < -0.39 is 0 Å². The Kier molecular flexibility index (Phi) is 3.70. The molecule has 102 valence electrons. The molecule has 0 radical (unpaired) electrons. The third kappa shape index (κ3) is 2.68. The van der Waals surface area contributed by atoms with Crippen LogP contribution in [0.3, 0.4) is 0 Å². The molecule has 0 aliphatic rings. The van der Waals surface area contributed by atoms with Crippen molar-refractivity contribution >= 4 is 27.2 Å². The lowest BCUT2D eigenvalue weighted by Gasteiger charge is -2.13. The molecule has 0 aliphatic carbocycles. The molecule has 3 rings (SSSR count). The number of thiazole rings is 1. The van der Waals surface area contributed by atoms with E-state index in [1.165, 1.54) is 10.3 Å². The van der Waals surface area contributed by atoms with E-state index >= 15 is 0 Å². The van der Waals surface area contributed by atoms with Crippen LogP contribution in [0.15, 0.2) is 48.5 Å². The number of nitrogens with one attached hydrogen (secondary N) is 1. The Hall–Kier alpha value is -1.87. The minimum Gasteiger partial charge on any atom is -0.376 e. The van der Waals surface area contributed by atoms with Crippen LogP contribution in [0, 0.1) is 0 Å². The minimum atomic E-state index is 0.222. The molecule has 2 aromatic carbocycles. The molecule has 1 N–H and O–H groups in total. The van der Waals surface area contributed by atoms with Crippen LogP contribution in [-0.2, 0) is 6.42 Å². The predicted octanol–water partition coefficient (Wildman–Crippen LogP) is 5.03. The van der Waals surface area contributed by atoms with Crippen molar-refractivity contribution in [1.82, 2.24) is 4.98 Å². The fourth-order valence-corrected chi connectivity index (χ4v) is 3.24. The van der Waals surface area contributed by atoms with Gasteiger partial charge in [-0.2, -0.15) is 0 Å². The summed E-state index contributed by atoms with van der Waals surface area (Å²) in [4.78, 5) is 4.71. The van der Waals surface area contributed by atoms with E-state index in [0.717, 1.165) is 22.6 Å². The Morgan fingerprint density at radius 1 is 1.15 bits per heavy atom. The average molecular weight is 282 g/mol. The maximum atomic E-state index is 4.71. The van der Waals surface area contributed by atoms with Gasteiger partial charge in [0.15, 0.2) is 0 Å². The first-order chi connectivity index (χ1) is 9.76. The summed E-state index contributed by atoms with van der Waals surface area (Å²) in [5.74, 6) is 0. The van der Waals surface area contributed by atoms with Crippen molar-refractivity contribution in [2.75, 3.05) is 5.32 Å². The zero-order chi connectivity index (χ0) is 13.9. The van der Waals surface area contributed by atoms with Crippen molar-refractivity contribution < 1.29 is 0 Å². The molecule has 3 heteroatoms. The molecule has 1 atom stereocenters. The highest BCUT2D eigenvalue weighted by molar-refractivity contribution is 7.18. The summed E-state index contributed by atoms with van der Waals surface area (Å²) >= 11 is 1.76. The summed E-state index contributed by atoms with van der Waals surface area (Å²) < 4.78 is 1.25. The van der Waals surface area contributed by atoms with Gasteiger partial charge in [0.05, 0.1) is 16.3 Å². The number of nitrogens with zero attached hydrogens (tertiary/aromatic N) is 1. The predicted molar refractivity (Wildman–Crippen MR) is 87.5 cm³/mol. The van der Waals surface area contributed by atoms with Gasteiger partial charge in [-0.1, -0.05) is 31.2 Å². The molecule has 0 saturated heterocycles. The summed E-state index contributed by atoms with van der Waals surface area (Å²) in [6.07, 6.45) is 1.06. The fourth-order valence-electron chi connectivity index (χ4n) is 2.27. The van der Waals surface area contributed by atoms with Gasteiger partial charge in [0.2, 0.25) is 0 Å². The van der Waals surface area contributed by atoms with Crippen molar-refractivity contribution in [3.8, 4) is 0 Å². The monoisotopic (exact) mass is 282 g/mol. The standard InChI is InChI=1S/C17H18N2S/c1-3-13-7-6-8-14(11-13)18-12(2)17-19-15-9-4-5-10-16(15)20-17/h4-12,18H,3H2,1-2H3. The number of fused-ring (bicyclic) bond motifs is 1. The summed E-state index contributed by atoms with van der Waals surface area (Å²) in [5, 5.41) is 4.67. The Morgan fingerprint density at radius 3 is 2.80 bits per heavy atom. The van der Waals surface area contributed by atoms with Gasteiger partial charge < -0.3 is 5.32 Å². The van der Waals surface area contributed by atoms with Crippen LogP contribution in [0.25, 0.3) is 10.2 Å². The first kappa shape index (κ1) is 13.1. The maximum absolute atomic E-state index is 4.71. The SMILES string of the molecule is CCc1cccc(NC(C)c2nc3ccccc3s2)c1. The highest BCUT2D eigenvalue weighted by atomic mass is 32.1. The summed E-state index contributed by atoms with van der Waals surface area (Å²) in [6.45, 7) is 4.34. The van der Waals surface area contributed by atoms with Gasteiger partial charge in [0, 0.05) is 5.69 Å². The molecular formula is C17H18N2S. The van der Waals surface area contributed by atoms with Crippen molar-refractivity contribution in [3.63, 3.8) is 0 Å². The maximum Gasteiger partial charge on any atom is 0.116 e. The Labute approximate surface area is 123 Å². The molecule has 1 heterocycles. The van der Waals surface area contributed by atoms with E-state index in [4.69, 9.17) is 4.98 Å². The number of rotatable bonds is 4. The van der Waals surface area contributed by atoms with Crippen LogP contribution < -0.4 is 5.32 Å². The molecular weight excluding hydrogens is 264 g/mol. The lowest BCUT2D eigenvalue weighted by Crippen LogP contribution is -2.06. The van der Waals surface area contributed by atoms with E-state index in [-0.39, 0.29) is 6.04 Å². The molecule has 0 bridgehead atoms. The largest absolute Gasteiger partial charge is 0.376 e. The summed E-state index contributed by atoms with van der Waals surface area (Å²) in [6, 6.07) is 17.1. The van der Waals surface area contributed by atoms with Gasteiger partial charge in [0.25, 0.3) is 0 Å². The topological polar surface area (TPSA) is 24.9 Å². The molecule has 0 fully saturated rings. The minimum absolute atomic E-state index is 0.222. The van der Waals surface area contributed by atoms with E-state index in [9.17, 15) is 0 Å². The Morgan fingerprint density at radius 2 is 2.00 bits per heavy atom. The smallest absolute Gasteiger partial charge is 0.116 e. The second-order valence-electron chi connectivity index (χ2n) is 4.94. The van der Waals surface area contributed by atoms with Crippen LogP contribution in [0.4, 0.5) is 5.69 Å². The number of benzene rings is 2. The molecule has 2 nitrogen and oxygen atoms in total. The van der Waals surface area contributed by atoms with Crippen molar-refractivity contribution in [2.24, 2.45) is 0 Å². The summed E-state index contributed by atoms with van der Waals surface area (Å²) in [7, 11) is 0. The highest BCUT2D eigenvalue weighted by Crippen LogP contribution is 2.28. The second kappa shape index (κ2) is 5.63. The van der Waals surface area contributed by atoms with Crippen LogP contribution in [0.5, 0.6) is 0 Å². The third-order valence-electron chi connectivity index (χ3n) is 3.40. The van der Waals surface area contributed by atoms with Crippen LogP contribution in [0.2, 0.25) is 0 Å². The lowest BCUT2D eigenvalue weighted by atomic mass is 10.1. The number of para-hydroxylation sites is 1. The normalized spacial score (nSPS) is 12.5. The lowest BCUT2D eigenvalue weighted by molar-refractivity contribution is 0.873. The number of anilines is 1. The third-order valence-corrected chi connectivity index (χ3v) is 4.62. The van der Waals surface area contributed by atoms with Crippen molar-refractivity contribution in [3.05, 3.63) is 59.1 Å². The van der Waals surface area contributed by atoms with Crippen molar-refractivity contribution in [1.29, 1.82) is 0 Å². The van der Waals surface area contributed by atoms with Crippen LogP contribution in [0.1, 0.15) is 30.5 Å². The molecule has 0 saturated carbocycles. The second-order valence-corrected chi connectivity index (χ2v) is 6.00. The number of aromatic nitrogens is 1. The van der Waals surface area contributed by atoms with E-state index in [1.54, 1.807) is 11.3 Å². The van der Waals surface area contributed by atoms with E-state index in [0.29, 0.717) is 0 Å². The van der Waals surface area contributed by atoms with Crippen LogP contribution in [-0.4, -0.2) is 4.98 Å². The van der Waals surface area contributed by atoms with Gasteiger partial charge in [0.1, 0.15) is 5.01 Å². The van der Waals surface area contributed by atoms with Gasteiger partial charge in [-0.25, -0.2) is 4.98 Å². The molecule has 0 spiro atoms. The first-order valence-electron chi connectivity index (χ1n) is 6.97. The number of aryl methyl sites for hydroxylation is 1. The highest BCUT2D eigenvalue weighted by Gasteiger charge is 2.11. The molecule has 0 amide bonds. The van der Waals surface area contributed by atoms with E-state index in [2.05, 4.69) is 61.6 Å². The van der Waals surface area contributed by atoms with E-state index in [1.807, 2.05) is 6.07 Å². The Balaban J connectivity index is 1.82. The first-order valence-corrected chi connectivity index (χ1v) is 7.79. The van der Waals surface area contributed by atoms with Gasteiger partial charge in [-0.05, 0) is 43.2 Å². The van der Waals surface area contributed by atoms with Gasteiger partial charge >= 0.3 is 0 Å². The van der Waals surface area contributed by atoms with Gasteiger partial charge in [-0.15, -0.1) is 11.3 Å². The number of hydrogen-bond acceptors (Lipinski definition) is 3. The molecule has 1 aromatic heterocycles. The fraction of sp³-hybridized carbons (Fsp3) is 0.235. The molecule has 0 aliphatic heterocycles. The van der Waals surface area contributed by atoms with Gasteiger partial charge in [-0.3, -0.25) is 0 Å².